The third-order valence-electron chi connectivity index (χ3n) is 3.73. The number of thioether (sulfide) groups is 1. The van der Waals surface area contributed by atoms with Crippen LogP contribution < -0.4 is 11.1 Å². The van der Waals surface area contributed by atoms with Gasteiger partial charge >= 0.3 is 0 Å². The van der Waals surface area contributed by atoms with E-state index in [1.54, 1.807) is 6.07 Å². The van der Waals surface area contributed by atoms with E-state index in [1.165, 1.54) is 30.0 Å². The second kappa shape index (κ2) is 6.42. The summed E-state index contributed by atoms with van der Waals surface area (Å²) in [4.78, 5) is 25.2. The van der Waals surface area contributed by atoms with Crippen LogP contribution in [0.25, 0.3) is 0 Å². The Labute approximate surface area is 137 Å². The van der Waals surface area contributed by atoms with Gasteiger partial charge in [-0.15, -0.1) is 11.8 Å². The number of primary amides is 1. The molecular formula is C17H15FN2O2S. The largest absolute Gasteiger partial charge is 0.368 e. The first-order valence-corrected chi connectivity index (χ1v) is 8.03. The summed E-state index contributed by atoms with van der Waals surface area (Å²) < 4.78 is 13.9. The number of hydrogen-bond acceptors (Lipinski definition) is 3. The van der Waals surface area contributed by atoms with E-state index < -0.39 is 17.8 Å². The molecule has 2 atom stereocenters. The molecule has 0 fully saturated rings. The Morgan fingerprint density at radius 2 is 1.87 bits per heavy atom. The van der Waals surface area contributed by atoms with Crippen LogP contribution in [0.1, 0.15) is 17.2 Å². The predicted octanol–water partition coefficient (Wildman–Crippen LogP) is 2.19. The fraction of sp³-hybridized carbons (Fsp3) is 0.176. The van der Waals surface area contributed by atoms with Gasteiger partial charge in [0, 0.05) is 10.5 Å². The molecular weight excluding hydrogens is 315 g/mol. The molecule has 118 valence electrons. The van der Waals surface area contributed by atoms with E-state index in [2.05, 4.69) is 5.32 Å². The summed E-state index contributed by atoms with van der Waals surface area (Å²) in [5.74, 6) is -1.68. The monoisotopic (exact) mass is 330 g/mol. The van der Waals surface area contributed by atoms with E-state index in [1.807, 2.05) is 24.3 Å². The minimum atomic E-state index is -1.17. The lowest BCUT2D eigenvalue weighted by Crippen LogP contribution is -2.41. The Bertz CT molecular complexity index is 741. The molecule has 2 aromatic carbocycles. The van der Waals surface area contributed by atoms with Crippen molar-refractivity contribution in [2.75, 3.05) is 0 Å². The molecule has 0 aliphatic carbocycles. The average Bonchev–Trinajstić information content (AvgIpc) is 2.97. The predicted molar refractivity (Wildman–Crippen MR) is 86.3 cm³/mol. The van der Waals surface area contributed by atoms with Gasteiger partial charge in [0.25, 0.3) is 0 Å². The molecule has 0 spiro atoms. The van der Waals surface area contributed by atoms with Crippen LogP contribution in [-0.2, 0) is 16.0 Å². The molecule has 3 rings (SSSR count). The number of carbonyl (C=O) groups is 2. The Balaban J connectivity index is 1.76. The maximum atomic E-state index is 13.9. The normalized spacial score (nSPS) is 17.3. The van der Waals surface area contributed by atoms with Crippen LogP contribution in [0.2, 0.25) is 0 Å². The van der Waals surface area contributed by atoms with Gasteiger partial charge in [-0.25, -0.2) is 4.39 Å². The quantitative estimate of drug-likeness (QED) is 0.902. The first-order valence-electron chi connectivity index (χ1n) is 7.15. The first kappa shape index (κ1) is 15.6. The van der Waals surface area contributed by atoms with Crippen molar-refractivity contribution in [3.8, 4) is 0 Å². The SMILES string of the molecule is NC(=O)[C@@H](NC(=O)[C@H]1Cc2ccccc2S1)c1ccccc1F. The Morgan fingerprint density at radius 1 is 1.17 bits per heavy atom. The van der Waals surface area contributed by atoms with Crippen LogP contribution in [0.3, 0.4) is 0 Å². The highest BCUT2D eigenvalue weighted by molar-refractivity contribution is 8.01. The maximum absolute atomic E-state index is 13.9. The fourth-order valence-corrected chi connectivity index (χ4v) is 3.78. The van der Waals surface area contributed by atoms with Crippen molar-refractivity contribution in [2.45, 2.75) is 22.6 Å². The zero-order valence-corrected chi connectivity index (χ0v) is 13.0. The van der Waals surface area contributed by atoms with Gasteiger partial charge in [-0.1, -0.05) is 36.4 Å². The Hall–Kier alpha value is -2.34. The molecule has 0 radical (unpaired) electrons. The minimum Gasteiger partial charge on any atom is -0.368 e. The van der Waals surface area contributed by atoms with Crippen molar-refractivity contribution in [3.05, 3.63) is 65.5 Å². The molecule has 1 aliphatic rings. The zero-order chi connectivity index (χ0) is 16.4. The smallest absolute Gasteiger partial charge is 0.244 e. The molecule has 1 heterocycles. The third-order valence-corrected chi connectivity index (χ3v) is 5.04. The number of nitrogens with one attached hydrogen (secondary N) is 1. The standard InChI is InChI=1S/C17H15FN2O2S/c18-12-7-3-2-6-11(12)15(16(19)21)20-17(22)14-9-10-5-1-4-8-13(10)23-14/h1-8,14-15H,9H2,(H2,19,21)(H,20,22)/t14-,15+/m1/s1. The van der Waals surface area contributed by atoms with Gasteiger partial charge < -0.3 is 11.1 Å². The van der Waals surface area contributed by atoms with Crippen molar-refractivity contribution < 1.29 is 14.0 Å². The summed E-state index contributed by atoms with van der Waals surface area (Å²) in [6.45, 7) is 0. The van der Waals surface area contributed by atoms with Crippen molar-refractivity contribution in [2.24, 2.45) is 5.73 Å². The van der Waals surface area contributed by atoms with Crippen LogP contribution in [0.5, 0.6) is 0 Å². The van der Waals surface area contributed by atoms with Gasteiger partial charge in [0.1, 0.15) is 11.9 Å². The highest BCUT2D eigenvalue weighted by atomic mass is 32.2. The van der Waals surface area contributed by atoms with Gasteiger partial charge in [-0.05, 0) is 24.1 Å². The number of nitrogens with two attached hydrogens (primary N) is 1. The molecule has 2 amide bonds. The van der Waals surface area contributed by atoms with Gasteiger partial charge in [-0.2, -0.15) is 0 Å². The van der Waals surface area contributed by atoms with Crippen LogP contribution in [0.4, 0.5) is 4.39 Å². The lowest BCUT2D eigenvalue weighted by molar-refractivity contribution is -0.127. The van der Waals surface area contributed by atoms with Crippen LogP contribution >= 0.6 is 11.8 Å². The van der Waals surface area contributed by atoms with Gasteiger partial charge in [-0.3, -0.25) is 9.59 Å². The molecule has 0 unspecified atom stereocenters. The van der Waals surface area contributed by atoms with Gasteiger partial charge in [0.2, 0.25) is 11.8 Å². The van der Waals surface area contributed by atoms with E-state index in [9.17, 15) is 14.0 Å². The lowest BCUT2D eigenvalue weighted by atomic mass is 10.0. The average molecular weight is 330 g/mol. The molecule has 6 heteroatoms. The molecule has 2 aromatic rings. The molecule has 0 saturated carbocycles. The molecule has 1 aliphatic heterocycles. The highest BCUT2D eigenvalue weighted by Gasteiger charge is 2.31. The molecule has 0 saturated heterocycles. The van der Waals surface area contributed by atoms with Crippen LogP contribution in [0, 0.1) is 5.82 Å². The summed E-state index contributed by atoms with van der Waals surface area (Å²) in [6, 6.07) is 12.4. The third kappa shape index (κ3) is 3.22. The van der Waals surface area contributed by atoms with Crippen LogP contribution in [0.15, 0.2) is 53.4 Å². The number of rotatable bonds is 4. The summed E-state index contributed by atoms with van der Waals surface area (Å²) in [6.07, 6.45) is 0.579. The Morgan fingerprint density at radius 3 is 2.57 bits per heavy atom. The topological polar surface area (TPSA) is 72.2 Å². The molecule has 23 heavy (non-hydrogen) atoms. The second-order valence-electron chi connectivity index (χ2n) is 5.28. The van der Waals surface area contributed by atoms with Gasteiger partial charge in [0.15, 0.2) is 0 Å². The number of fused-ring (bicyclic) bond motifs is 1. The first-order chi connectivity index (χ1) is 11.1. The minimum absolute atomic E-state index is 0.0776. The van der Waals surface area contributed by atoms with Crippen molar-refractivity contribution in [3.63, 3.8) is 0 Å². The van der Waals surface area contributed by atoms with E-state index in [-0.39, 0.29) is 16.7 Å². The highest BCUT2D eigenvalue weighted by Crippen LogP contribution is 2.37. The van der Waals surface area contributed by atoms with Crippen molar-refractivity contribution in [1.29, 1.82) is 0 Å². The van der Waals surface area contributed by atoms with Crippen molar-refractivity contribution >= 4 is 23.6 Å². The molecule has 0 aromatic heterocycles. The summed E-state index contributed by atoms with van der Waals surface area (Å²) in [7, 11) is 0. The van der Waals surface area contributed by atoms with Gasteiger partial charge in [0.05, 0.1) is 5.25 Å². The number of halogens is 1. The zero-order valence-electron chi connectivity index (χ0n) is 12.2. The molecule has 4 nitrogen and oxygen atoms in total. The van der Waals surface area contributed by atoms with E-state index in [0.717, 1.165) is 10.5 Å². The number of benzene rings is 2. The number of hydrogen-bond donors (Lipinski definition) is 2. The summed E-state index contributed by atoms with van der Waals surface area (Å²) in [5, 5.41) is 2.23. The fourth-order valence-electron chi connectivity index (χ4n) is 2.57. The Kier molecular flexibility index (Phi) is 4.34. The summed E-state index contributed by atoms with van der Waals surface area (Å²) >= 11 is 1.44. The summed E-state index contributed by atoms with van der Waals surface area (Å²) in [5.41, 5.74) is 6.52. The van der Waals surface area contributed by atoms with E-state index >= 15 is 0 Å². The van der Waals surface area contributed by atoms with Crippen molar-refractivity contribution in [1.82, 2.24) is 5.32 Å². The van der Waals surface area contributed by atoms with Crippen LogP contribution in [-0.4, -0.2) is 17.1 Å². The second-order valence-corrected chi connectivity index (χ2v) is 6.53. The van der Waals surface area contributed by atoms with E-state index in [0.29, 0.717) is 6.42 Å². The lowest BCUT2D eigenvalue weighted by Gasteiger charge is -2.18. The number of amides is 2. The van der Waals surface area contributed by atoms with E-state index in [4.69, 9.17) is 5.73 Å². The molecule has 3 N–H and O–H groups in total. The molecule has 0 bridgehead atoms. The maximum Gasteiger partial charge on any atom is 0.244 e. The number of carbonyl (C=O) groups excluding carboxylic acids is 2.